The monoisotopic (exact) mass is 200 g/mol. The number of nitrogens with two attached hydrogens (primary N) is 1. The van der Waals surface area contributed by atoms with E-state index in [9.17, 15) is 0 Å². The standard InChI is InChI=1S/C9H16N2OS/c1-4-9(2,10)8-11-7(5-12-3)6-13-8/h6H,4-5,10H2,1-3H3. The van der Waals surface area contributed by atoms with Crippen LogP contribution in [0.4, 0.5) is 0 Å². The Kier molecular flexibility index (Phi) is 3.41. The van der Waals surface area contributed by atoms with Crippen LogP contribution in [0, 0.1) is 0 Å². The van der Waals surface area contributed by atoms with Gasteiger partial charge in [-0.05, 0) is 13.3 Å². The molecule has 0 bridgehead atoms. The molecule has 1 heterocycles. The molecule has 74 valence electrons. The minimum atomic E-state index is -0.295. The fourth-order valence-corrected chi connectivity index (χ4v) is 1.89. The van der Waals surface area contributed by atoms with Crippen molar-refractivity contribution < 1.29 is 4.74 Å². The minimum Gasteiger partial charge on any atom is -0.378 e. The van der Waals surface area contributed by atoms with E-state index in [1.54, 1.807) is 18.4 Å². The van der Waals surface area contributed by atoms with Crippen molar-refractivity contribution in [3.05, 3.63) is 16.1 Å². The van der Waals surface area contributed by atoms with E-state index in [1.807, 2.05) is 12.3 Å². The number of nitrogens with zero attached hydrogens (tertiary/aromatic N) is 1. The summed E-state index contributed by atoms with van der Waals surface area (Å²) in [5.41, 5.74) is 6.72. The summed E-state index contributed by atoms with van der Waals surface area (Å²) in [6.07, 6.45) is 0.896. The van der Waals surface area contributed by atoms with Crippen molar-refractivity contribution in [1.82, 2.24) is 4.98 Å². The molecule has 0 saturated heterocycles. The maximum Gasteiger partial charge on any atom is 0.113 e. The van der Waals surface area contributed by atoms with Gasteiger partial charge in [0.05, 0.1) is 17.8 Å². The zero-order chi connectivity index (χ0) is 9.90. The second-order valence-corrected chi connectivity index (χ2v) is 4.21. The van der Waals surface area contributed by atoms with E-state index in [0.717, 1.165) is 17.1 Å². The summed E-state index contributed by atoms with van der Waals surface area (Å²) in [5.74, 6) is 0. The molecule has 0 aliphatic rings. The first-order valence-electron chi connectivity index (χ1n) is 4.33. The van der Waals surface area contributed by atoms with Gasteiger partial charge in [-0.15, -0.1) is 11.3 Å². The number of hydrogen-bond acceptors (Lipinski definition) is 4. The molecule has 0 fully saturated rings. The van der Waals surface area contributed by atoms with Gasteiger partial charge < -0.3 is 10.5 Å². The third-order valence-electron chi connectivity index (χ3n) is 2.07. The van der Waals surface area contributed by atoms with Gasteiger partial charge in [0, 0.05) is 12.5 Å². The summed E-state index contributed by atoms with van der Waals surface area (Å²) >= 11 is 1.60. The van der Waals surface area contributed by atoms with Crippen LogP contribution in [0.25, 0.3) is 0 Å². The molecular weight excluding hydrogens is 184 g/mol. The first-order valence-corrected chi connectivity index (χ1v) is 5.21. The van der Waals surface area contributed by atoms with Crippen LogP contribution in [0.3, 0.4) is 0 Å². The van der Waals surface area contributed by atoms with Crippen LogP contribution in [-0.4, -0.2) is 12.1 Å². The maximum absolute atomic E-state index is 6.05. The Morgan fingerprint density at radius 2 is 2.38 bits per heavy atom. The van der Waals surface area contributed by atoms with Crippen LogP contribution in [0.2, 0.25) is 0 Å². The van der Waals surface area contributed by atoms with Gasteiger partial charge in [-0.3, -0.25) is 0 Å². The SMILES string of the molecule is CCC(C)(N)c1nc(COC)cs1. The van der Waals surface area contributed by atoms with Crippen molar-refractivity contribution in [3.63, 3.8) is 0 Å². The van der Waals surface area contributed by atoms with Crippen LogP contribution in [-0.2, 0) is 16.9 Å². The van der Waals surface area contributed by atoms with Gasteiger partial charge in [0.1, 0.15) is 5.01 Å². The predicted octanol–water partition coefficient (Wildman–Crippen LogP) is 1.87. The molecule has 3 nitrogen and oxygen atoms in total. The lowest BCUT2D eigenvalue weighted by molar-refractivity contribution is 0.181. The summed E-state index contributed by atoms with van der Waals surface area (Å²) in [7, 11) is 1.67. The molecule has 2 N–H and O–H groups in total. The van der Waals surface area contributed by atoms with E-state index in [2.05, 4.69) is 11.9 Å². The Balaban J connectivity index is 2.79. The number of hydrogen-bond donors (Lipinski definition) is 1. The van der Waals surface area contributed by atoms with Crippen LogP contribution < -0.4 is 5.73 Å². The molecule has 1 rings (SSSR count). The highest BCUT2D eigenvalue weighted by molar-refractivity contribution is 7.09. The fourth-order valence-electron chi connectivity index (χ4n) is 0.935. The molecule has 0 saturated carbocycles. The van der Waals surface area contributed by atoms with Gasteiger partial charge in [-0.2, -0.15) is 0 Å². The summed E-state index contributed by atoms with van der Waals surface area (Å²) in [6, 6.07) is 0. The summed E-state index contributed by atoms with van der Waals surface area (Å²) < 4.78 is 4.99. The second-order valence-electron chi connectivity index (χ2n) is 3.35. The zero-order valence-electron chi connectivity index (χ0n) is 8.33. The maximum atomic E-state index is 6.05. The van der Waals surface area contributed by atoms with Crippen molar-refractivity contribution >= 4 is 11.3 Å². The number of ether oxygens (including phenoxy) is 1. The average Bonchev–Trinajstić information content (AvgIpc) is 2.54. The number of methoxy groups -OCH3 is 1. The molecule has 1 aromatic rings. The van der Waals surface area contributed by atoms with Crippen LogP contribution in [0.1, 0.15) is 31.0 Å². The molecule has 0 radical (unpaired) electrons. The van der Waals surface area contributed by atoms with Gasteiger partial charge >= 0.3 is 0 Å². The molecule has 0 aromatic carbocycles. The molecule has 1 aromatic heterocycles. The highest BCUT2D eigenvalue weighted by Crippen LogP contribution is 2.24. The quantitative estimate of drug-likeness (QED) is 0.807. The highest BCUT2D eigenvalue weighted by atomic mass is 32.1. The molecular formula is C9H16N2OS. The minimum absolute atomic E-state index is 0.295. The third kappa shape index (κ3) is 2.49. The largest absolute Gasteiger partial charge is 0.378 e. The molecule has 4 heteroatoms. The topological polar surface area (TPSA) is 48.1 Å². The van der Waals surface area contributed by atoms with E-state index in [0.29, 0.717) is 6.61 Å². The molecule has 0 aliphatic heterocycles. The van der Waals surface area contributed by atoms with E-state index >= 15 is 0 Å². The summed E-state index contributed by atoms with van der Waals surface area (Å²) in [4.78, 5) is 4.41. The highest BCUT2D eigenvalue weighted by Gasteiger charge is 2.22. The Hall–Kier alpha value is -0.450. The lowest BCUT2D eigenvalue weighted by Gasteiger charge is -2.18. The van der Waals surface area contributed by atoms with Gasteiger partial charge in [-0.1, -0.05) is 6.92 Å². The lowest BCUT2D eigenvalue weighted by Crippen LogP contribution is -2.31. The van der Waals surface area contributed by atoms with Crippen molar-refractivity contribution in [2.24, 2.45) is 5.73 Å². The molecule has 0 amide bonds. The first-order chi connectivity index (χ1) is 6.10. The van der Waals surface area contributed by atoms with Crippen molar-refractivity contribution in [2.45, 2.75) is 32.4 Å². The van der Waals surface area contributed by atoms with Crippen LogP contribution >= 0.6 is 11.3 Å². The molecule has 0 spiro atoms. The Morgan fingerprint density at radius 1 is 1.69 bits per heavy atom. The first kappa shape index (κ1) is 10.6. The number of thiazole rings is 1. The van der Waals surface area contributed by atoms with Crippen molar-refractivity contribution in [2.75, 3.05) is 7.11 Å². The van der Waals surface area contributed by atoms with Gasteiger partial charge in [0.15, 0.2) is 0 Å². The van der Waals surface area contributed by atoms with E-state index < -0.39 is 0 Å². The zero-order valence-corrected chi connectivity index (χ0v) is 9.15. The second kappa shape index (κ2) is 4.17. The molecule has 13 heavy (non-hydrogen) atoms. The number of aromatic nitrogens is 1. The van der Waals surface area contributed by atoms with Gasteiger partial charge in [-0.25, -0.2) is 4.98 Å². The molecule has 1 atom stereocenters. The van der Waals surface area contributed by atoms with Gasteiger partial charge in [0.2, 0.25) is 0 Å². The smallest absolute Gasteiger partial charge is 0.113 e. The average molecular weight is 200 g/mol. The molecule has 0 aliphatic carbocycles. The normalized spacial score (nSPS) is 15.7. The number of rotatable bonds is 4. The Labute approximate surface area is 82.9 Å². The Morgan fingerprint density at radius 3 is 2.92 bits per heavy atom. The third-order valence-corrected chi connectivity index (χ3v) is 3.24. The summed E-state index contributed by atoms with van der Waals surface area (Å²) in [6.45, 7) is 4.64. The fraction of sp³-hybridized carbons (Fsp3) is 0.667. The van der Waals surface area contributed by atoms with Crippen molar-refractivity contribution in [3.8, 4) is 0 Å². The predicted molar refractivity (Wildman–Crippen MR) is 54.7 cm³/mol. The summed E-state index contributed by atoms with van der Waals surface area (Å²) in [5, 5.41) is 2.99. The van der Waals surface area contributed by atoms with E-state index in [4.69, 9.17) is 10.5 Å². The van der Waals surface area contributed by atoms with E-state index in [1.165, 1.54) is 0 Å². The van der Waals surface area contributed by atoms with Gasteiger partial charge in [0.25, 0.3) is 0 Å². The lowest BCUT2D eigenvalue weighted by atomic mass is 10.0. The molecule has 1 unspecified atom stereocenters. The van der Waals surface area contributed by atoms with E-state index in [-0.39, 0.29) is 5.54 Å². The van der Waals surface area contributed by atoms with Crippen molar-refractivity contribution in [1.29, 1.82) is 0 Å². The van der Waals surface area contributed by atoms with Crippen LogP contribution in [0.15, 0.2) is 5.38 Å². The Bertz CT molecular complexity index is 270. The van der Waals surface area contributed by atoms with Crippen LogP contribution in [0.5, 0.6) is 0 Å².